The summed E-state index contributed by atoms with van der Waals surface area (Å²) in [5, 5.41) is 9.38. The van der Waals surface area contributed by atoms with E-state index in [1.165, 1.54) is 32.1 Å². The van der Waals surface area contributed by atoms with Crippen molar-refractivity contribution in [3.8, 4) is 0 Å². The Labute approximate surface area is 117 Å². The Morgan fingerprint density at radius 3 is 2.11 bits per heavy atom. The Kier molecular flexibility index (Phi) is 4.88. The zero-order valence-electron chi connectivity index (χ0n) is 12.5. The van der Waals surface area contributed by atoms with Gasteiger partial charge in [-0.25, -0.2) is 0 Å². The fourth-order valence-corrected chi connectivity index (χ4v) is 4.58. The smallest absolute Gasteiger partial charge is 0.305 e. The van der Waals surface area contributed by atoms with Crippen LogP contribution in [-0.2, 0) is 4.79 Å². The molecule has 1 N–H and O–H groups in total. The summed E-state index contributed by atoms with van der Waals surface area (Å²) in [6.45, 7) is 6.80. The molecule has 3 heteroatoms. The Bertz CT molecular complexity index is 298. The molecule has 2 aliphatic rings. The average Bonchev–Trinajstić information content (AvgIpc) is 2.54. The maximum absolute atomic E-state index is 11.4. The number of aliphatic carboxylic acids is 1. The molecule has 19 heavy (non-hydrogen) atoms. The van der Waals surface area contributed by atoms with E-state index in [1.807, 2.05) is 0 Å². The third-order valence-electron chi connectivity index (χ3n) is 5.02. The molecule has 1 heterocycles. The summed E-state index contributed by atoms with van der Waals surface area (Å²) in [5.41, 5.74) is -0.0622. The van der Waals surface area contributed by atoms with Crippen LogP contribution in [0.4, 0.5) is 0 Å². The molecule has 2 unspecified atom stereocenters. The fourth-order valence-electron chi connectivity index (χ4n) is 4.58. The van der Waals surface area contributed by atoms with E-state index in [4.69, 9.17) is 0 Å². The molecule has 2 atom stereocenters. The summed E-state index contributed by atoms with van der Waals surface area (Å²) in [6, 6.07) is 0. The third-order valence-corrected chi connectivity index (χ3v) is 5.02. The molecular formula is C16H29NO2. The molecule has 0 radical (unpaired) electrons. The van der Waals surface area contributed by atoms with Crippen molar-refractivity contribution >= 4 is 5.97 Å². The van der Waals surface area contributed by atoms with Crippen LogP contribution in [0.3, 0.4) is 0 Å². The van der Waals surface area contributed by atoms with Gasteiger partial charge in [-0.1, -0.05) is 26.7 Å². The zero-order chi connectivity index (χ0) is 13.9. The average molecular weight is 267 g/mol. The van der Waals surface area contributed by atoms with Gasteiger partial charge >= 0.3 is 5.97 Å². The molecule has 3 nitrogen and oxygen atoms in total. The molecule has 0 spiro atoms. The molecular weight excluding hydrogens is 238 g/mol. The fraction of sp³-hybridized carbons (Fsp3) is 0.938. The molecule has 1 saturated carbocycles. The maximum Gasteiger partial charge on any atom is 0.305 e. The predicted molar refractivity (Wildman–Crippen MR) is 77.2 cm³/mol. The number of carbonyl (C=O) groups is 1. The molecule has 0 aromatic carbocycles. The topological polar surface area (TPSA) is 40.5 Å². The Balaban J connectivity index is 2.19. The highest BCUT2D eigenvalue weighted by Crippen LogP contribution is 2.42. The summed E-state index contributed by atoms with van der Waals surface area (Å²) in [7, 11) is 0. The lowest BCUT2D eigenvalue weighted by atomic mass is 9.69. The number of nitrogens with zero attached hydrogens (tertiary/aromatic N) is 1. The molecule has 0 aromatic rings. The lowest BCUT2D eigenvalue weighted by Crippen LogP contribution is -2.54. The molecule has 0 aromatic heterocycles. The highest BCUT2D eigenvalue weighted by molar-refractivity contribution is 5.68. The second-order valence-corrected chi connectivity index (χ2v) is 7.05. The van der Waals surface area contributed by atoms with Crippen LogP contribution in [0, 0.1) is 11.8 Å². The maximum atomic E-state index is 11.4. The number of carboxylic acids is 1. The number of hydrogen-bond acceptors (Lipinski definition) is 2. The molecule has 2 rings (SSSR count). The largest absolute Gasteiger partial charge is 0.481 e. The molecule has 1 aliphatic carbocycles. The van der Waals surface area contributed by atoms with E-state index in [1.54, 1.807) is 0 Å². The van der Waals surface area contributed by atoms with Crippen molar-refractivity contribution in [2.24, 2.45) is 11.8 Å². The number of hydrogen-bond donors (Lipinski definition) is 1. The van der Waals surface area contributed by atoms with Crippen LogP contribution < -0.4 is 0 Å². The minimum absolute atomic E-state index is 0.0622. The Hall–Kier alpha value is -0.570. The molecule has 110 valence electrons. The minimum Gasteiger partial charge on any atom is -0.481 e. The van der Waals surface area contributed by atoms with Gasteiger partial charge in [0.05, 0.1) is 6.42 Å². The van der Waals surface area contributed by atoms with Crippen molar-refractivity contribution in [1.82, 2.24) is 4.90 Å². The standard InChI is InChI=1S/C16H29NO2/c1-13-9-14(2)11-16(10-13,12-15(18)19)17-7-5-3-4-6-8-17/h13-14H,3-12H2,1-2H3,(H,18,19). The summed E-state index contributed by atoms with van der Waals surface area (Å²) in [4.78, 5) is 13.9. The normalized spacial score (nSPS) is 37.8. The number of likely N-dealkylation sites (tertiary alicyclic amines) is 1. The summed E-state index contributed by atoms with van der Waals surface area (Å²) >= 11 is 0. The SMILES string of the molecule is CC1CC(C)CC(CC(=O)O)(N2CCCCCC2)C1. The molecule has 1 aliphatic heterocycles. The van der Waals surface area contributed by atoms with Gasteiger partial charge in [0.15, 0.2) is 0 Å². The van der Waals surface area contributed by atoms with Crippen molar-refractivity contribution < 1.29 is 9.90 Å². The van der Waals surface area contributed by atoms with Gasteiger partial charge in [0, 0.05) is 5.54 Å². The molecule has 0 amide bonds. The molecule has 0 bridgehead atoms. The van der Waals surface area contributed by atoms with Crippen molar-refractivity contribution in [1.29, 1.82) is 0 Å². The van der Waals surface area contributed by atoms with Crippen LogP contribution in [0.25, 0.3) is 0 Å². The van der Waals surface area contributed by atoms with E-state index in [2.05, 4.69) is 18.7 Å². The summed E-state index contributed by atoms with van der Waals surface area (Å²) < 4.78 is 0. The predicted octanol–water partition coefficient (Wildman–Crippen LogP) is 3.53. The quantitative estimate of drug-likeness (QED) is 0.850. The molecule has 2 fully saturated rings. The van der Waals surface area contributed by atoms with Crippen molar-refractivity contribution in [2.75, 3.05) is 13.1 Å². The second kappa shape index (κ2) is 6.25. The first kappa shape index (κ1) is 14.8. The van der Waals surface area contributed by atoms with Crippen molar-refractivity contribution in [2.45, 2.75) is 70.8 Å². The van der Waals surface area contributed by atoms with E-state index >= 15 is 0 Å². The van der Waals surface area contributed by atoms with E-state index in [-0.39, 0.29) is 5.54 Å². The highest BCUT2D eigenvalue weighted by atomic mass is 16.4. The van der Waals surface area contributed by atoms with E-state index in [9.17, 15) is 9.90 Å². The summed E-state index contributed by atoms with van der Waals surface area (Å²) in [5.74, 6) is 0.697. The van der Waals surface area contributed by atoms with Gasteiger partial charge in [-0.3, -0.25) is 9.69 Å². The Morgan fingerprint density at radius 2 is 1.63 bits per heavy atom. The first-order valence-electron chi connectivity index (χ1n) is 7.99. The van der Waals surface area contributed by atoms with Gasteiger partial charge in [-0.05, 0) is 57.0 Å². The minimum atomic E-state index is -0.620. The van der Waals surface area contributed by atoms with Gasteiger partial charge in [-0.15, -0.1) is 0 Å². The monoisotopic (exact) mass is 267 g/mol. The highest BCUT2D eigenvalue weighted by Gasteiger charge is 2.43. The number of rotatable bonds is 3. The van der Waals surface area contributed by atoms with Gasteiger partial charge in [0.2, 0.25) is 0 Å². The second-order valence-electron chi connectivity index (χ2n) is 7.05. The van der Waals surface area contributed by atoms with E-state index in [0.29, 0.717) is 18.3 Å². The van der Waals surface area contributed by atoms with E-state index in [0.717, 1.165) is 25.9 Å². The molecule has 1 saturated heterocycles. The lowest BCUT2D eigenvalue weighted by Gasteiger charge is -2.49. The van der Waals surface area contributed by atoms with Crippen LogP contribution in [0.2, 0.25) is 0 Å². The van der Waals surface area contributed by atoms with Crippen LogP contribution in [0.15, 0.2) is 0 Å². The first-order chi connectivity index (χ1) is 9.02. The Morgan fingerprint density at radius 1 is 1.11 bits per heavy atom. The lowest BCUT2D eigenvalue weighted by molar-refractivity contribution is -0.142. The summed E-state index contributed by atoms with van der Waals surface area (Å²) in [6.07, 6.45) is 8.84. The van der Waals surface area contributed by atoms with Gasteiger partial charge in [0.25, 0.3) is 0 Å². The van der Waals surface area contributed by atoms with Gasteiger partial charge in [0.1, 0.15) is 0 Å². The van der Waals surface area contributed by atoms with Gasteiger partial charge in [-0.2, -0.15) is 0 Å². The van der Waals surface area contributed by atoms with Crippen molar-refractivity contribution in [3.63, 3.8) is 0 Å². The zero-order valence-corrected chi connectivity index (χ0v) is 12.5. The van der Waals surface area contributed by atoms with E-state index < -0.39 is 5.97 Å². The third kappa shape index (κ3) is 3.71. The number of carboxylic acid groups (broad SMARTS) is 1. The van der Waals surface area contributed by atoms with Gasteiger partial charge < -0.3 is 5.11 Å². The van der Waals surface area contributed by atoms with Crippen LogP contribution >= 0.6 is 0 Å². The first-order valence-corrected chi connectivity index (χ1v) is 7.99. The van der Waals surface area contributed by atoms with Crippen LogP contribution in [0.5, 0.6) is 0 Å². The van der Waals surface area contributed by atoms with Crippen LogP contribution in [-0.4, -0.2) is 34.6 Å². The van der Waals surface area contributed by atoms with Crippen LogP contribution in [0.1, 0.15) is 65.2 Å². The van der Waals surface area contributed by atoms with Crippen molar-refractivity contribution in [3.05, 3.63) is 0 Å².